The molecule has 1 aromatic heterocycles. The number of nitrogens with one attached hydrogen (secondary N) is 1. The Hall–Kier alpha value is -2.36. The van der Waals surface area contributed by atoms with Gasteiger partial charge in [0, 0.05) is 18.1 Å². The third-order valence-corrected chi connectivity index (χ3v) is 3.63. The number of hydrogen-bond acceptors (Lipinski definition) is 2. The minimum Gasteiger partial charge on any atom is -0.370 e. The molecule has 2 rings (SSSR count). The summed E-state index contributed by atoms with van der Waals surface area (Å²) in [6, 6.07) is 8.29. The topological polar surface area (TPSA) is 63.3 Å². The van der Waals surface area contributed by atoms with E-state index in [4.69, 9.17) is 5.73 Å². The molecule has 0 fully saturated rings. The number of aromatic nitrogens is 1. The minimum absolute atomic E-state index is 0.0592. The number of guanidine groups is 1. The summed E-state index contributed by atoms with van der Waals surface area (Å²) in [5, 5.41) is 3.16. The molecule has 0 amide bonds. The van der Waals surface area contributed by atoms with Gasteiger partial charge in [-0.05, 0) is 59.7 Å². The summed E-state index contributed by atoms with van der Waals surface area (Å²) in [6.45, 7) is 11.2. The Bertz CT molecular complexity index is 691. The third kappa shape index (κ3) is 4.81. The highest BCUT2D eigenvalue weighted by Crippen LogP contribution is 2.25. The molecule has 0 aliphatic heterocycles. The molecule has 4 heteroatoms. The zero-order valence-electron chi connectivity index (χ0n) is 14.6. The van der Waals surface area contributed by atoms with Gasteiger partial charge in [-0.25, -0.2) is 4.99 Å². The van der Waals surface area contributed by atoms with Crippen LogP contribution in [-0.4, -0.2) is 10.9 Å². The van der Waals surface area contributed by atoms with E-state index in [1.807, 2.05) is 12.4 Å². The second-order valence-corrected chi connectivity index (χ2v) is 6.99. The van der Waals surface area contributed by atoms with E-state index in [2.05, 4.69) is 74.2 Å². The van der Waals surface area contributed by atoms with Gasteiger partial charge in [0.05, 0.1) is 6.54 Å². The van der Waals surface area contributed by atoms with Crippen LogP contribution in [0.1, 0.15) is 43.0 Å². The predicted molar refractivity (Wildman–Crippen MR) is 97.8 cm³/mol. The molecular formula is C19H26N4. The lowest BCUT2D eigenvalue weighted by molar-refractivity contribution is 0.581. The van der Waals surface area contributed by atoms with Crippen molar-refractivity contribution in [3.05, 3.63) is 58.9 Å². The summed E-state index contributed by atoms with van der Waals surface area (Å²) < 4.78 is 0. The number of aryl methyl sites for hydroxylation is 2. The summed E-state index contributed by atoms with van der Waals surface area (Å²) in [7, 11) is 0. The maximum atomic E-state index is 6.03. The molecule has 0 bridgehead atoms. The fraction of sp³-hybridized carbons (Fsp3) is 0.368. The monoisotopic (exact) mass is 310 g/mol. The van der Waals surface area contributed by atoms with Gasteiger partial charge < -0.3 is 11.1 Å². The number of rotatable bonds is 3. The van der Waals surface area contributed by atoms with Gasteiger partial charge in [0.15, 0.2) is 5.96 Å². The fourth-order valence-electron chi connectivity index (χ4n) is 2.69. The Morgan fingerprint density at radius 1 is 1.17 bits per heavy atom. The first-order valence-corrected chi connectivity index (χ1v) is 7.84. The molecule has 0 aliphatic rings. The van der Waals surface area contributed by atoms with Gasteiger partial charge in [0.2, 0.25) is 0 Å². The number of pyridine rings is 1. The third-order valence-electron chi connectivity index (χ3n) is 3.63. The highest BCUT2D eigenvalue weighted by Gasteiger charge is 2.17. The Kier molecular flexibility index (Phi) is 5.04. The average molecular weight is 310 g/mol. The van der Waals surface area contributed by atoms with E-state index in [1.165, 1.54) is 16.7 Å². The van der Waals surface area contributed by atoms with E-state index in [-0.39, 0.29) is 5.41 Å². The molecule has 0 saturated heterocycles. The van der Waals surface area contributed by atoms with Crippen LogP contribution in [-0.2, 0) is 12.0 Å². The summed E-state index contributed by atoms with van der Waals surface area (Å²) in [4.78, 5) is 8.68. The maximum Gasteiger partial charge on any atom is 0.193 e. The molecule has 2 aromatic rings. The number of nitrogens with two attached hydrogens (primary N) is 1. The van der Waals surface area contributed by atoms with Crippen molar-refractivity contribution in [2.45, 2.75) is 46.6 Å². The van der Waals surface area contributed by atoms with Crippen LogP contribution in [0.2, 0.25) is 0 Å². The van der Waals surface area contributed by atoms with Crippen LogP contribution in [0.5, 0.6) is 0 Å². The lowest BCUT2D eigenvalue weighted by atomic mass is 9.85. The van der Waals surface area contributed by atoms with Crippen molar-refractivity contribution in [1.82, 2.24) is 4.98 Å². The van der Waals surface area contributed by atoms with E-state index < -0.39 is 0 Å². The number of aliphatic imine (C=N–C) groups is 1. The van der Waals surface area contributed by atoms with Crippen molar-refractivity contribution in [2.75, 3.05) is 5.32 Å². The van der Waals surface area contributed by atoms with Gasteiger partial charge in [0.1, 0.15) is 0 Å². The summed E-state index contributed by atoms with van der Waals surface area (Å²) in [5.41, 5.74) is 11.8. The average Bonchev–Trinajstić information content (AvgIpc) is 2.43. The molecular weight excluding hydrogens is 284 g/mol. The molecule has 1 heterocycles. The largest absolute Gasteiger partial charge is 0.370 e. The van der Waals surface area contributed by atoms with Crippen LogP contribution in [0.25, 0.3) is 0 Å². The van der Waals surface area contributed by atoms with Gasteiger partial charge in [-0.1, -0.05) is 26.8 Å². The molecule has 0 spiro atoms. The number of hydrogen-bond donors (Lipinski definition) is 2. The number of anilines is 1. The van der Waals surface area contributed by atoms with Crippen molar-refractivity contribution in [2.24, 2.45) is 10.7 Å². The van der Waals surface area contributed by atoms with Gasteiger partial charge in [0.25, 0.3) is 0 Å². The lowest BCUT2D eigenvalue weighted by Gasteiger charge is -2.21. The molecule has 23 heavy (non-hydrogen) atoms. The normalized spacial score (nSPS) is 12.3. The van der Waals surface area contributed by atoms with Crippen LogP contribution >= 0.6 is 0 Å². The van der Waals surface area contributed by atoms with E-state index in [1.54, 1.807) is 0 Å². The first-order chi connectivity index (χ1) is 10.8. The summed E-state index contributed by atoms with van der Waals surface area (Å²) in [6.07, 6.45) is 3.69. The number of benzene rings is 1. The lowest BCUT2D eigenvalue weighted by Crippen LogP contribution is -2.23. The molecule has 0 aliphatic carbocycles. The minimum atomic E-state index is 0.0592. The van der Waals surface area contributed by atoms with Gasteiger partial charge in [-0.15, -0.1) is 0 Å². The van der Waals surface area contributed by atoms with Gasteiger partial charge >= 0.3 is 0 Å². The number of nitrogens with zero attached hydrogens (tertiary/aromatic N) is 2. The highest BCUT2D eigenvalue weighted by atomic mass is 15.1. The Morgan fingerprint density at radius 3 is 2.43 bits per heavy atom. The SMILES string of the molecule is Cc1cc(C)cc(NC(N)=NCc2cnccc2C(C)(C)C)c1. The molecule has 122 valence electrons. The van der Waals surface area contributed by atoms with Crippen LogP contribution in [0.15, 0.2) is 41.7 Å². The molecule has 0 saturated carbocycles. The standard InChI is InChI=1S/C19H26N4/c1-13-8-14(2)10-16(9-13)23-18(20)22-12-15-11-21-7-6-17(15)19(3,4)5/h6-11H,12H2,1-5H3,(H3,20,22,23). The quantitative estimate of drug-likeness (QED) is 0.667. The zero-order chi connectivity index (χ0) is 17.0. The Balaban J connectivity index is 2.14. The molecule has 4 nitrogen and oxygen atoms in total. The summed E-state index contributed by atoms with van der Waals surface area (Å²) in [5.74, 6) is 0.415. The fourth-order valence-corrected chi connectivity index (χ4v) is 2.69. The van der Waals surface area contributed by atoms with E-state index in [0.717, 1.165) is 11.3 Å². The van der Waals surface area contributed by atoms with E-state index >= 15 is 0 Å². The molecule has 0 radical (unpaired) electrons. The summed E-state index contributed by atoms with van der Waals surface area (Å²) >= 11 is 0. The van der Waals surface area contributed by atoms with Crippen molar-refractivity contribution in [3.63, 3.8) is 0 Å². The molecule has 3 N–H and O–H groups in total. The van der Waals surface area contributed by atoms with Crippen LogP contribution in [0.3, 0.4) is 0 Å². The van der Waals surface area contributed by atoms with Crippen LogP contribution < -0.4 is 11.1 Å². The Labute approximate surface area is 138 Å². The van der Waals surface area contributed by atoms with Crippen molar-refractivity contribution < 1.29 is 0 Å². The zero-order valence-corrected chi connectivity index (χ0v) is 14.6. The predicted octanol–water partition coefficient (Wildman–Crippen LogP) is 3.92. The van der Waals surface area contributed by atoms with Gasteiger partial charge in [-0.3, -0.25) is 4.98 Å². The second kappa shape index (κ2) is 6.82. The van der Waals surface area contributed by atoms with E-state index in [0.29, 0.717) is 12.5 Å². The molecule has 0 atom stereocenters. The van der Waals surface area contributed by atoms with Crippen molar-refractivity contribution in [1.29, 1.82) is 0 Å². The highest BCUT2D eigenvalue weighted by molar-refractivity contribution is 5.92. The molecule has 1 aromatic carbocycles. The molecule has 0 unspecified atom stereocenters. The maximum absolute atomic E-state index is 6.03. The van der Waals surface area contributed by atoms with Gasteiger partial charge in [-0.2, -0.15) is 0 Å². The van der Waals surface area contributed by atoms with E-state index in [9.17, 15) is 0 Å². The van der Waals surface area contributed by atoms with Crippen molar-refractivity contribution in [3.8, 4) is 0 Å². The van der Waals surface area contributed by atoms with Crippen molar-refractivity contribution >= 4 is 11.6 Å². The smallest absolute Gasteiger partial charge is 0.193 e. The van der Waals surface area contributed by atoms with Crippen LogP contribution in [0.4, 0.5) is 5.69 Å². The second-order valence-electron chi connectivity index (χ2n) is 6.99. The first-order valence-electron chi connectivity index (χ1n) is 7.84. The first kappa shape index (κ1) is 17.0. The van der Waals surface area contributed by atoms with Crippen LogP contribution in [0, 0.1) is 13.8 Å². The Morgan fingerprint density at radius 2 is 1.83 bits per heavy atom.